The molecule has 1 atom stereocenters. The minimum Gasteiger partial charge on any atom is -0.335 e. The van der Waals surface area contributed by atoms with Crippen LogP contribution in [0.25, 0.3) is 0 Å². The summed E-state index contributed by atoms with van der Waals surface area (Å²) in [5, 5.41) is 7.65. The third-order valence-electron chi connectivity index (χ3n) is 3.29. The predicted molar refractivity (Wildman–Crippen MR) is 69.9 cm³/mol. The average Bonchev–Trinajstić information content (AvgIpc) is 2.76. The number of nitrogens with one attached hydrogen (secondary N) is 1. The van der Waals surface area contributed by atoms with Crippen molar-refractivity contribution in [1.29, 1.82) is 0 Å². The fraction of sp³-hybridized carbons (Fsp3) is 0.692. The molecule has 0 radical (unpaired) electrons. The van der Waals surface area contributed by atoms with Crippen LogP contribution in [0.1, 0.15) is 31.9 Å². The molecular formula is C13H22N4O. The van der Waals surface area contributed by atoms with Crippen molar-refractivity contribution in [3.05, 3.63) is 18.0 Å². The number of nitrogens with zero attached hydrogens (tertiary/aromatic N) is 3. The number of aryl methyl sites for hydroxylation is 1. The molecule has 2 rings (SSSR count). The van der Waals surface area contributed by atoms with Gasteiger partial charge >= 0.3 is 0 Å². The van der Waals surface area contributed by atoms with E-state index in [-0.39, 0.29) is 11.9 Å². The molecule has 0 aromatic carbocycles. The molecular weight excluding hydrogens is 228 g/mol. The summed E-state index contributed by atoms with van der Waals surface area (Å²) in [7, 11) is 1.90. The molecule has 0 spiro atoms. The van der Waals surface area contributed by atoms with Crippen molar-refractivity contribution in [2.75, 3.05) is 13.1 Å². The van der Waals surface area contributed by atoms with Crippen molar-refractivity contribution in [3.63, 3.8) is 0 Å². The van der Waals surface area contributed by atoms with Crippen LogP contribution >= 0.6 is 0 Å². The smallest absolute Gasteiger partial charge is 0.240 e. The van der Waals surface area contributed by atoms with Gasteiger partial charge in [0.2, 0.25) is 5.91 Å². The molecule has 1 unspecified atom stereocenters. The molecule has 1 fully saturated rings. The van der Waals surface area contributed by atoms with E-state index in [0.717, 1.165) is 38.0 Å². The van der Waals surface area contributed by atoms with Gasteiger partial charge in [0, 0.05) is 19.8 Å². The van der Waals surface area contributed by atoms with Crippen LogP contribution in [0.4, 0.5) is 0 Å². The molecule has 5 nitrogen and oxygen atoms in total. The Balaban J connectivity index is 1.93. The summed E-state index contributed by atoms with van der Waals surface area (Å²) < 4.78 is 1.77. The second kappa shape index (κ2) is 6.00. The Morgan fingerprint density at radius 2 is 2.39 bits per heavy atom. The van der Waals surface area contributed by atoms with Crippen molar-refractivity contribution in [3.8, 4) is 0 Å². The second-order valence-electron chi connectivity index (χ2n) is 4.89. The summed E-state index contributed by atoms with van der Waals surface area (Å²) in [6.45, 7) is 4.50. The standard InChI is InChI=1S/C13H22N4O/c1-3-7-14-12-5-4-8-17(13(12)18)10-11-6-9-16(2)15-11/h6,9,12,14H,3-5,7-8,10H2,1-2H3. The largest absolute Gasteiger partial charge is 0.335 e. The van der Waals surface area contributed by atoms with Gasteiger partial charge in [-0.15, -0.1) is 0 Å². The van der Waals surface area contributed by atoms with E-state index in [2.05, 4.69) is 17.3 Å². The van der Waals surface area contributed by atoms with E-state index in [0.29, 0.717) is 6.54 Å². The Labute approximate surface area is 108 Å². The van der Waals surface area contributed by atoms with E-state index < -0.39 is 0 Å². The lowest BCUT2D eigenvalue weighted by atomic mass is 10.0. The van der Waals surface area contributed by atoms with Crippen LogP contribution in [0.3, 0.4) is 0 Å². The van der Waals surface area contributed by atoms with Crippen LogP contribution in [-0.2, 0) is 18.4 Å². The molecule has 1 aromatic heterocycles. The van der Waals surface area contributed by atoms with Crippen LogP contribution < -0.4 is 5.32 Å². The molecule has 0 saturated carbocycles. The highest BCUT2D eigenvalue weighted by Crippen LogP contribution is 2.14. The highest BCUT2D eigenvalue weighted by atomic mass is 16.2. The molecule has 1 amide bonds. The van der Waals surface area contributed by atoms with Gasteiger partial charge in [-0.2, -0.15) is 5.10 Å². The lowest BCUT2D eigenvalue weighted by Crippen LogP contribution is -2.50. The van der Waals surface area contributed by atoms with Crippen molar-refractivity contribution >= 4 is 5.91 Å². The lowest BCUT2D eigenvalue weighted by Gasteiger charge is -2.32. The number of hydrogen-bond acceptors (Lipinski definition) is 3. The highest BCUT2D eigenvalue weighted by Gasteiger charge is 2.28. The first-order chi connectivity index (χ1) is 8.70. The molecule has 2 heterocycles. The zero-order valence-corrected chi connectivity index (χ0v) is 11.2. The van der Waals surface area contributed by atoms with Crippen LogP contribution in [0.2, 0.25) is 0 Å². The Hall–Kier alpha value is -1.36. The van der Waals surface area contributed by atoms with Crippen molar-refractivity contribution < 1.29 is 4.79 Å². The number of carbonyl (C=O) groups excluding carboxylic acids is 1. The quantitative estimate of drug-likeness (QED) is 0.845. The van der Waals surface area contributed by atoms with Gasteiger partial charge in [-0.3, -0.25) is 9.48 Å². The Morgan fingerprint density at radius 3 is 3.06 bits per heavy atom. The van der Waals surface area contributed by atoms with Crippen LogP contribution in [0.15, 0.2) is 12.3 Å². The van der Waals surface area contributed by atoms with Gasteiger partial charge in [0.05, 0.1) is 18.3 Å². The molecule has 100 valence electrons. The van der Waals surface area contributed by atoms with Gasteiger partial charge < -0.3 is 10.2 Å². The Bertz CT molecular complexity index is 401. The number of aromatic nitrogens is 2. The third-order valence-corrected chi connectivity index (χ3v) is 3.29. The fourth-order valence-electron chi connectivity index (χ4n) is 2.35. The molecule has 18 heavy (non-hydrogen) atoms. The predicted octanol–water partition coefficient (Wildman–Crippen LogP) is 0.911. The van der Waals surface area contributed by atoms with Gasteiger partial charge in [0.1, 0.15) is 0 Å². The van der Waals surface area contributed by atoms with Crippen molar-refractivity contribution in [2.45, 2.75) is 38.8 Å². The number of hydrogen-bond donors (Lipinski definition) is 1. The van der Waals surface area contributed by atoms with Crippen LogP contribution in [0.5, 0.6) is 0 Å². The molecule has 1 saturated heterocycles. The average molecular weight is 250 g/mol. The fourth-order valence-corrected chi connectivity index (χ4v) is 2.35. The lowest BCUT2D eigenvalue weighted by molar-refractivity contribution is -0.136. The van der Waals surface area contributed by atoms with E-state index >= 15 is 0 Å². The first kappa shape index (κ1) is 13.1. The van der Waals surface area contributed by atoms with Crippen LogP contribution in [0, 0.1) is 0 Å². The summed E-state index contributed by atoms with van der Waals surface area (Å²) in [4.78, 5) is 14.2. The number of likely N-dealkylation sites (tertiary alicyclic amines) is 1. The third kappa shape index (κ3) is 3.10. The zero-order chi connectivity index (χ0) is 13.0. The van der Waals surface area contributed by atoms with Gasteiger partial charge in [0.25, 0.3) is 0 Å². The first-order valence-electron chi connectivity index (χ1n) is 6.71. The van der Waals surface area contributed by atoms with Crippen molar-refractivity contribution in [2.24, 2.45) is 7.05 Å². The van der Waals surface area contributed by atoms with Crippen LogP contribution in [-0.4, -0.2) is 39.7 Å². The van der Waals surface area contributed by atoms with Gasteiger partial charge in [-0.25, -0.2) is 0 Å². The summed E-state index contributed by atoms with van der Waals surface area (Å²) in [5.74, 6) is 0.223. The van der Waals surface area contributed by atoms with E-state index in [1.807, 2.05) is 24.2 Å². The molecule has 1 aliphatic rings. The topological polar surface area (TPSA) is 50.2 Å². The summed E-state index contributed by atoms with van der Waals surface area (Å²) in [6.07, 6.45) is 5.00. The molecule has 0 bridgehead atoms. The molecule has 0 aliphatic carbocycles. The summed E-state index contributed by atoms with van der Waals surface area (Å²) in [6, 6.07) is 1.97. The maximum atomic E-state index is 12.3. The Morgan fingerprint density at radius 1 is 1.56 bits per heavy atom. The van der Waals surface area contributed by atoms with E-state index in [4.69, 9.17) is 0 Å². The SMILES string of the molecule is CCCNC1CCCN(Cc2ccn(C)n2)C1=O. The molecule has 1 aliphatic heterocycles. The molecule has 1 aromatic rings. The molecule has 1 N–H and O–H groups in total. The monoisotopic (exact) mass is 250 g/mol. The van der Waals surface area contributed by atoms with Crippen molar-refractivity contribution in [1.82, 2.24) is 20.0 Å². The minimum atomic E-state index is 0.00223. The number of piperidine rings is 1. The Kier molecular flexibility index (Phi) is 4.36. The number of carbonyl (C=O) groups is 1. The zero-order valence-electron chi connectivity index (χ0n) is 11.2. The number of amides is 1. The van der Waals surface area contributed by atoms with Gasteiger partial charge in [-0.1, -0.05) is 6.92 Å². The maximum Gasteiger partial charge on any atom is 0.240 e. The molecule has 5 heteroatoms. The summed E-state index contributed by atoms with van der Waals surface area (Å²) >= 11 is 0. The van der Waals surface area contributed by atoms with E-state index in [1.54, 1.807) is 4.68 Å². The van der Waals surface area contributed by atoms with E-state index in [1.165, 1.54) is 0 Å². The summed E-state index contributed by atoms with van der Waals surface area (Å²) in [5.41, 5.74) is 0.960. The second-order valence-corrected chi connectivity index (χ2v) is 4.89. The van der Waals surface area contributed by atoms with E-state index in [9.17, 15) is 4.79 Å². The normalized spacial score (nSPS) is 20.4. The minimum absolute atomic E-state index is 0.00223. The first-order valence-corrected chi connectivity index (χ1v) is 6.71. The highest BCUT2D eigenvalue weighted by molar-refractivity contribution is 5.82. The number of rotatable bonds is 5. The van der Waals surface area contributed by atoms with Gasteiger partial charge in [0.15, 0.2) is 0 Å². The maximum absolute atomic E-state index is 12.3. The van der Waals surface area contributed by atoms with Gasteiger partial charge in [-0.05, 0) is 31.9 Å².